The van der Waals surface area contributed by atoms with Gasteiger partial charge in [0.15, 0.2) is 0 Å². The Balaban J connectivity index is 3.08. The van der Waals surface area contributed by atoms with Crippen molar-refractivity contribution in [2.75, 3.05) is 6.54 Å². The first-order valence-electron chi connectivity index (χ1n) is 5.68. The van der Waals surface area contributed by atoms with Crippen LogP contribution in [0.3, 0.4) is 0 Å². The Labute approximate surface area is 111 Å². The van der Waals surface area contributed by atoms with Crippen LogP contribution in [0.15, 0.2) is 28.7 Å². The molecule has 0 aliphatic heterocycles. The molecule has 1 aromatic rings. The van der Waals surface area contributed by atoms with Crippen LogP contribution in [0, 0.1) is 5.92 Å². The third kappa shape index (κ3) is 3.30. The van der Waals surface area contributed by atoms with Gasteiger partial charge in [0, 0.05) is 4.47 Å². The van der Waals surface area contributed by atoms with E-state index in [2.05, 4.69) is 35.1 Å². The number of hydrogen-bond donors (Lipinski definition) is 2. The molecule has 0 fully saturated rings. The van der Waals surface area contributed by atoms with Crippen LogP contribution in [0.25, 0.3) is 0 Å². The zero-order chi connectivity index (χ0) is 13.1. The van der Waals surface area contributed by atoms with Gasteiger partial charge < -0.3 is 5.73 Å². The number of carbonyl (C=O) groups is 1. The van der Waals surface area contributed by atoms with Crippen LogP contribution >= 0.6 is 15.9 Å². The molecule has 4 heteroatoms. The molecule has 1 atom stereocenters. The van der Waals surface area contributed by atoms with E-state index < -0.39 is 5.54 Å². The predicted molar refractivity (Wildman–Crippen MR) is 73.5 cm³/mol. The first-order chi connectivity index (χ1) is 7.88. The van der Waals surface area contributed by atoms with Gasteiger partial charge in [-0.15, -0.1) is 0 Å². The molecule has 1 amide bonds. The van der Waals surface area contributed by atoms with Gasteiger partial charge in [-0.2, -0.15) is 0 Å². The summed E-state index contributed by atoms with van der Waals surface area (Å²) >= 11 is 3.46. The van der Waals surface area contributed by atoms with Gasteiger partial charge in [-0.25, -0.2) is 0 Å². The number of hydrogen-bond acceptors (Lipinski definition) is 2. The largest absolute Gasteiger partial charge is 0.368 e. The van der Waals surface area contributed by atoms with Crippen LogP contribution in [0.4, 0.5) is 0 Å². The summed E-state index contributed by atoms with van der Waals surface area (Å²) in [5, 5.41) is 3.25. The quantitative estimate of drug-likeness (QED) is 0.877. The van der Waals surface area contributed by atoms with Crippen molar-refractivity contribution < 1.29 is 4.79 Å². The fourth-order valence-corrected chi connectivity index (χ4v) is 2.27. The highest BCUT2D eigenvalue weighted by atomic mass is 79.9. The molecule has 0 saturated carbocycles. The lowest BCUT2D eigenvalue weighted by Crippen LogP contribution is -2.51. The van der Waals surface area contributed by atoms with Crippen LogP contribution in [-0.4, -0.2) is 12.5 Å². The summed E-state index contributed by atoms with van der Waals surface area (Å²) in [4.78, 5) is 11.7. The Hall–Kier alpha value is -0.870. The van der Waals surface area contributed by atoms with E-state index in [-0.39, 0.29) is 5.91 Å². The van der Waals surface area contributed by atoms with E-state index in [4.69, 9.17) is 5.73 Å². The number of nitrogens with two attached hydrogens (primary N) is 1. The Morgan fingerprint density at radius 1 is 1.47 bits per heavy atom. The van der Waals surface area contributed by atoms with Crippen molar-refractivity contribution in [2.24, 2.45) is 11.7 Å². The smallest absolute Gasteiger partial charge is 0.242 e. The van der Waals surface area contributed by atoms with Crippen LogP contribution in [0.1, 0.15) is 26.3 Å². The molecule has 0 aromatic heterocycles. The van der Waals surface area contributed by atoms with E-state index >= 15 is 0 Å². The summed E-state index contributed by atoms with van der Waals surface area (Å²) in [6.45, 7) is 6.74. The molecule has 3 nitrogen and oxygen atoms in total. The molecule has 0 saturated heterocycles. The van der Waals surface area contributed by atoms with Crippen molar-refractivity contribution >= 4 is 21.8 Å². The fourth-order valence-electron chi connectivity index (χ4n) is 1.59. The van der Waals surface area contributed by atoms with Gasteiger partial charge >= 0.3 is 0 Å². The van der Waals surface area contributed by atoms with Gasteiger partial charge in [-0.3, -0.25) is 10.1 Å². The number of nitrogens with one attached hydrogen (secondary N) is 1. The molecule has 94 valence electrons. The van der Waals surface area contributed by atoms with Crippen LogP contribution in [0.2, 0.25) is 0 Å². The second-order valence-electron chi connectivity index (χ2n) is 4.74. The lowest BCUT2D eigenvalue weighted by molar-refractivity contribution is -0.124. The molecule has 1 rings (SSSR count). The van der Waals surface area contributed by atoms with E-state index in [1.807, 2.05) is 31.2 Å². The third-order valence-corrected chi connectivity index (χ3v) is 3.46. The minimum absolute atomic E-state index is 0.370. The van der Waals surface area contributed by atoms with Crippen LogP contribution < -0.4 is 11.1 Å². The van der Waals surface area contributed by atoms with Crippen molar-refractivity contribution in [2.45, 2.75) is 26.3 Å². The highest BCUT2D eigenvalue weighted by Crippen LogP contribution is 2.28. The number of primary amides is 1. The Morgan fingerprint density at radius 3 is 2.53 bits per heavy atom. The lowest BCUT2D eigenvalue weighted by Gasteiger charge is -2.30. The SMILES string of the molecule is CC(C)CNC(C)(C(N)=O)c1ccccc1Br. The highest BCUT2D eigenvalue weighted by Gasteiger charge is 2.34. The van der Waals surface area contributed by atoms with Gasteiger partial charge in [-0.1, -0.05) is 48.0 Å². The predicted octanol–water partition coefficient (Wildman–Crippen LogP) is 2.40. The molecule has 17 heavy (non-hydrogen) atoms. The van der Waals surface area contributed by atoms with E-state index in [1.54, 1.807) is 0 Å². The Morgan fingerprint density at radius 2 is 2.06 bits per heavy atom. The average molecular weight is 299 g/mol. The molecule has 1 unspecified atom stereocenters. The minimum atomic E-state index is -0.843. The van der Waals surface area contributed by atoms with Crippen LogP contribution in [-0.2, 0) is 10.3 Å². The topological polar surface area (TPSA) is 55.1 Å². The molecule has 1 aromatic carbocycles. The number of benzene rings is 1. The van der Waals surface area contributed by atoms with Gasteiger partial charge in [-0.05, 0) is 31.0 Å². The number of halogens is 1. The summed E-state index contributed by atoms with van der Waals surface area (Å²) in [6.07, 6.45) is 0. The maximum atomic E-state index is 11.7. The van der Waals surface area contributed by atoms with Crippen molar-refractivity contribution in [1.82, 2.24) is 5.32 Å². The molecule has 0 radical (unpaired) electrons. The average Bonchev–Trinajstić information content (AvgIpc) is 2.26. The summed E-state index contributed by atoms with van der Waals surface area (Å²) in [7, 11) is 0. The summed E-state index contributed by atoms with van der Waals surface area (Å²) < 4.78 is 0.887. The molecule has 0 aliphatic carbocycles. The minimum Gasteiger partial charge on any atom is -0.368 e. The maximum Gasteiger partial charge on any atom is 0.242 e. The molecule has 0 bridgehead atoms. The van der Waals surface area contributed by atoms with Crippen molar-refractivity contribution in [3.8, 4) is 0 Å². The lowest BCUT2D eigenvalue weighted by atomic mass is 9.90. The monoisotopic (exact) mass is 298 g/mol. The van der Waals surface area contributed by atoms with Crippen LogP contribution in [0.5, 0.6) is 0 Å². The summed E-state index contributed by atoms with van der Waals surface area (Å²) in [6, 6.07) is 7.63. The third-order valence-electron chi connectivity index (χ3n) is 2.77. The van der Waals surface area contributed by atoms with Gasteiger partial charge in [0.2, 0.25) is 5.91 Å². The first kappa shape index (κ1) is 14.2. The van der Waals surface area contributed by atoms with E-state index in [1.165, 1.54) is 0 Å². The van der Waals surface area contributed by atoms with E-state index in [9.17, 15) is 4.79 Å². The zero-order valence-corrected chi connectivity index (χ0v) is 12.0. The Bertz CT molecular complexity index is 406. The number of amides is 1. The molecule has 3 N–H and O–H groups in total. The van der Waals surface area contributed by atoms with Crippen molar-refractivity contribution in [1.29, 1.82) is 0 Å². The molecule has 0 spiro atoms. The number of carbonyl (C=O) groups excluding carboxylic acids is 1. The summed E-state index contributed by atoms with van der Waals surface area (Å²) in [5.74, 6) is 0.0845. The van der Waals surface area contributed by atoms with Gasteiger partial charge in [0.05, 0.1) is 0 Å². The second-order valence-corrected chi connectivity index (χ2v) is 5.60. The van der Waals surface area contributed by atoms with Gasteiger partial charge in [0.1, 0.15) is 5.54 Å². The normalized spacial score (nSPS) is 14.6. The van der Waals surface area contributed by atoms with E-state index in [0.717, 1.165) is 16.6 Å². The second kappa shape index (κ2) is 5.65. The zero-order valence-electron chi connectivity index (χ0n) is 10.5. The van der Waals surface area contributed by atoms with E-state index in [0.29, 0.717) is 5.92 Å². The molecular formula is C13H19BrN2O. The van der Waals surface area contributed by atoms with Crippen molar-refractivity contribution in [3.63, 3.8) is 0 Å². The number of rotatable bonds is 5. The molecule has 0 aliphatic rings. The first-order valence-corrected chi connectivity index (χ1v) is 6.47. The highest BCUT2D eigenvalue weighted by molar-refractivity contribution is 9.10. The molecular weight excluding hydrogens is 280 g/mol. The molecule has 0 heterocycles. The van der Waals surface area contributed by atoms with Gasteiger partial charge in [0.25, 0.3) is 0 Å². The maximum absolute atomic E-state index is 11.7. The standard InChI is InChI=1S/C13H19BrN2O/c1-9(2)8-16-13(3,12(15)17)10-6-4-5-7-11(10)14/h4-7,9,16H,8H2,1-3H3,(H2,15,17). The van der Waals surface area contributed by atoms with Crippen molar-refractivity contribution in [3.05, 3.63) is 34.3 Å². The fraction of sp³-hybridized carbons (Fsp3) is 0.462. The summed E-state index contributed by atoms with van der Waals surface area (Å²) in [5.41, 5.74) is 5.56. The Kier molecular flexibility index (Phi) is 4.71.